The summed E-state index contributed by atoms with van der Waals surface area (Å²) in [5, 5.41) is 3.43. The van der Waals surface area contributed by atoms with E-state index in [1.807, 2.05) is 6.07 Å². The van der Waals surface area contributed by atoms with Crippen molar-refractivity contribution < 1.29 is 4.74 Å². The molecular weight excluding hydrogens is 222 g/mol. The molecule has 0 aliphatic heterocycles. The van der Waals surface area contributed by atoms with E-state index in [-0.39, 0.29) is 0 Å². The van der Waals surface area contributed by atoms with Gasteiger partial charge in [-0.2, -0.15) is 0 Å². The summed E-state index contributed by atoms with van der Waals surface area (Å²) in [4.78, 5) is 0. The summed E-state index contributed by atoms with van der Waals surface area (Å²) in [5.74, 6) is 0. The van der Waals surface area contributed by atoms with Crippen LogP contribution in [-0.4, -0.2) is 7.11 Å². The van der Waals surface area contributed by atoms with E-state index in [9.17, 15) is 0 Å². The summed E-state index contributed by atoms with van der Waals surface area (Å²) in [6, 6.07) is 16.9. The van der Waals surface area contributed by atoms with Crippen molar-refractivity contribution in [1.82, 2.24) is 0 Å². The molecule has 2 rings (SSSR count). The maximum atomic E-state index is 5.13. The first kappa shape index (κ1) is 12.7. The molecule has 2 aromatic rings. The zero-order valence-electron chi connectivity index (χ0n) is 10.9. The first-order valence-electron chi connectivity index (χ1n) is 6.15. The summed E-state index contributed by atoms with van der Waals surface area (Å²) >= 11 is 0. The maximum Gasteiger partial charge on any atom is 0.0713 e. The minimum absolute atomic E-state index is 0.653. The molecule has 94 valence electrons. The van der Waals surface area contributed by atoms with Crippen LogP contribution in [0.25, 0.3) is 0 Å². The Bertz CT molecular complexity index is 508. The maximum absolute atomic E-state index is 5.13. The van der Waals surface area contributed by atoms with Crippen LogP contribution in [-0.2, 0) is 17.9 Å². The number of ether oxygens (including phenoxy) is 1. The number of rotatable bonds is 5. The Kier molecular flexibility index (Phi) is 4.37. The van der Waals surface area contributed by atoms with Crippen molar-refractivity contribution >= 4 is 5.69 Å². The van der Waals surface area contributed by atoms with Crippen LogP contribution >= 0.6 is 0 Å². The molecule has 0 atom stereocenters. The molecule has 18 heavy (non-hydrogen) atoms. The Morgan fingerprint density at radius 3 is 2.56 bits per heavy atom. The van der Waals surface area contributed by atoms with Crippen LogP contribution in [0.5, 0.6) is 0 Å². The largest absolute Gasteiger partial charge is 0.381 e. The van der Waals surface area contributed by atoms with E-state index >= 15 is 0 Å². The van der Waals surface area contributed by atoms with Crippen LogP contribution in [0.3, 0.4) is 0 Å². The van der Waals surface area contributed by atoms with Gasteiger partial charge in [-0.1, -0.05) is 42.0 Å². The monoisotopic (exact) mass is 241 g/mol. The Morgan fingerprint density at radius 1 is 1.00 bits per heavy atom. The molecule has 0 heterocycles. The minimum atomic E-state index is 0.653. The number of anilines is 1. The first-order valence-corrected chi connectivity index (χ1v) is 6.15. The van der Waals surface area contributed by atoms with E-state index < -0.39 is 0 Å². The number of hydrogen-bond donors (Lipinski definition) is 1. The van der Waals surface area contributed by atoms with Crippen molar-refractivity contribution in [2.75, 3.05) is 12.4 Å². The first-order chi connectivity index (χ1) is 8.78. The lowest BCUT2D eigenvalue weighted by atomic mass is 10.1. The third-order valence-electron chi connectivity index (χ3n) is 2.82. The number of aryl methyl sites for hydroxylation is 1. The van der Waals surface area contributed by atoms with E-state index in [1.54, 1.807) is 7.11 Å². The van der Waals surface area contributed by atoms with Gasteiger partial charge in [-0.3, -0.25) is 0 Å². The van der Waals surface area contributed by atoms with Gasteiger partial charge in [-0.05, 0) is 30.2 Å². The quantitative estimate of drug-likeness (QED) is 0.860. The molecular formula is C16H19NO. The van der Waals surface area contributed by atoms with Gasteiger partial charge in [-0.25, -0.2) is 0 Å². The predicted molar refractivity (Wildman–Crippen MR) is 75.7 cm³/mol. The Balaban J connectivity index is 1.99. The van der Waals surface area contributed by atoms with Crippen LogP contribution in [0, 0.1) is 6.92 Å². The molecule has 2 heteroatoms. The molecule has 0 aromatic heterocycles. The van der Waals surface area contributed by atoms with Gasteiger partial charge in [0.25, 0.3) is 0 Å². The van der Waals surface area contributed by atoms with Crippen molar-refractivity contribution in [2.45, 2.75) is 20.1 Å². The van der Waals surface area contributed by atoms with Gasteiger partial charge >= 0.3 is 0 Å². The van der Waals surface area contributed by atoms with E-state index in [0.717, 1.165) is 12.2 Å². The lowest BCUT2D eigenvalue weighted by molar-refractivity contribution is 0.185. The van der Waals surface area contributed by atoms with E-state index in [2.05, 4.69) is 54.7 Å². The summed E-state index contributed by atoms with van der Waals surface area (Å²) in [6.45, 7) is 3.61. The Hall–Kier alpha value is -1.80. The number of benzene rings is 2. The zero-order valence-corrected chi connectivity index (χ0v) is 10.9. The van der Waals surface area contributed by atoms with E-state index in [4.69, 9.17) is 4.74 Å². The third-order valence-corrected chi connectivity index (χ3v) is 2.82. The van der Waals surface area contributed by atoms with Gasteiger partial charge in [0.1, 0.15) is 0 Å². The van der Waals surface area contributed by atoms with Gasteiger partial charge in [0.2, 0.25) is 0 Å². The van der Waals surface area contributed by atoms with Crippen LogP contribution in [0.1, 0.15) is 16.7 Å². The Morgan fingerprint density at radius 2 is 1.78 bits per heavy atom. The fraction of sp³-hybridized carbons (Fsp3) is 0.250. The lowest BCUT2D eigenvalue weighted by Crippen LogP contribution is -2.00. The fourth-order valence-corrected chi connectivity index (χ4v) is 1.96. The average molecular weight is 241 g/mol. The molecule has 0 radical (unpaired) electrons. The molecule has 0 fully saturated rings. The highest BCUT2D eigenvalue weighted by molar-refractivity contribution is 5.46. The number of methoxy groups -OCH3 is 1. The SMILES string of the molecule is COCc1cccc(NCc2cccc(C)c2)c1. The number of nitrogens with one attached hydrogen (secondary N) is 1. The van der Waals surface area contributed by atoms with Crippen molar-refractivity contribution in [2.24, 2.45) is 0 Å². The molecule has 0 spiro atoms. The van der Waals surface area contributed by atoms with Crippen LogP contribution < -0.4 is 5.32 Å². The summed E-state index contributed by atoms with van der Waals surface area (Å²) < 4.78 is 5.13. The molecule has 0 aliphatic rings. The molecule has 0 aliphatic carbocycles. The fourth-order valence-electron chi connectivity index (χ4n) is 1.96. The topological polar surface area (TPSA) is 21.3 Å². The highest BCUT2D eigenvalue weighted by Gasteiger charge is 1.97. The second kappa shape index (κ2) is 6.22. The zero-order chi connectivity index (χ0) is 12.8. The van der Waals surface area contributed by atoms with Gasteiger partial charge < -0.3 is 10.1 Å². The standard InChI is InChI=1S/C16H19NO/c1-13-5-3-6-14(9-13)11-17-16-8-4-7-15(10-16)12-18-2/h3-10,17H,11-12H2,1-2H3. The van der Waals surface area contributed by atoms with Gasteiger partial charge in [-0.15, -0.1) is 0 Å². The van der Waals surface area contributed by atoms with Crippen LogP contribution in [0.15, 0.2) is 48.5 Å². The minimum Gasteiger partial charge on any atom is -0.381 e. The van der Waals surface area contributed by atoms with Crippen molar-refractivity contribution in [1.29, 1.82) is 0 Å². The summed E-state index contributed by atoms with van der Waals surface area (Å²) in [7, 11) is 1.72. The van der Waals surface area contributed by atoms with Crippen LogP contribution in [0.2, 0.25) is 0 Å². The second-order valence-electron chi connectivity index (χ2n) is 4.48. The molecule has 2 aromatic carbocycles. The van der Waals surface area contributed by atoms with E-state index in [0.29, 0.717) is 6.61 Å². The highest BCUT2D eigenvalue weighted by Crippen LogP contribution is 2.13. The summed E-state index contributed by atoms with van der Waals surface area (Å²) in [6.07, 6.45) is 0. The molecule has 0 saturated carbocycles. The van der Waals surface area contributed by atoms with Crippen molar-refractivity contribution in [3.05, 3.63) is 65.2 Å². The Labute approximate surface area is 109 Å². The van der Waals surface area contributed by atoms with Crippen molar-refractivity contribution in [3.8, 4) is 0 Å². The van der Waals surface area contributed by atoms with Gasteiger partial charge in [0.05, 0.1) is 6.61 Å². The predicted octanol–water partition coefficient (Wildman–Crippen LogP) is 3.75. The van der Waals surface area contributed by atoms with Gasteiger partial charge in [0.15, 0.2) is 0 Å². The molecule has 0 unspecified atom stereocenters. The normalized spacial score (nSPS) is 10.3. The average Bonchev–Trinajstić information content (AvgIpc) is 2.37. The lowest BCUT2D eigenvalue weighted by Gasteiger charge is -2.09. The molecule has 0 saturated heterocycles. The van der Waals surface area contributed by atoms with Gasteiger partial charge in [0, 0.05) is 19.3 Å². The molecule has 0 amide bonds. The van der Waals surface area contributed by atoms with Crippen molar-refractivity contribution in [3.63, 3.8) is 0 Å². The summed E-state index contributed by atoms with van der Waals surface area (Å²) in [5.41, 5.74) is 4.91. The van der Waals surface area contributed by atoms with E-state index in [1.165, 1.54) is 16.7 Å². The van der Waals surface area contributed by atoms with Crippen LogP contribution in [0.4, 0.5) is 5.69 Å². The smallest absolute Gasteiger partial charge is 0.0713 e. The molecule has 2 nitrogen and oxygen atoms in total. The number of hydrogen-bond acceptors (Lipinski definition) is 2. The second-order valence-corrected chi connectivity index (χ2v) is 4.48. The molecule has 1 N–H and O–H groups in total. The molecule has 0 bridgehead atoms. The highest BCUT2D eigenvalue weighted by atomic mass is 16.5. The third kappa shape index (κ3) is 3.60.